The molecule has 0 aliphatic rings. The summed E-state index contributed by atoms with van der Waals surface area (Å²) in [6.45, 7) is 5.28. The molecule has 1 aromatic heterocycles. The first kappa shape index (κ1) is 35.7. The average Bonchev–Trinajstić information content (AvgIpc) is 3.03. The molecule has 252 valence electrons. The molecule has 0 bridgehead atoms. The van der Waals surface area contributed by atoms with E-state index in [0.29, 0.717) is 11.1 Å². The second-order valence-corrected chi connectivity index (χ2v) is 14.4. The quantitative estimate of drug-likeness (QED) is 0.142. The molecular weight excluding hydrogens is 634 g/mol. The fourth-order valence-corrected chi connectivity index (χ4v) is 6.68. The minimum absolute atomic E-state index is 0.00110. The highest BCUT2D eigenvalue weighted by Gasteiger charge is 2.33. The minimum atomic E-state index is -4.29. The number of para-hydroxylation sites is 1. The maximum absolute atomic E-state index is 13.7. The van der Waals surface area contributed by atoms with Crippen molar-refractivity contribution in [1.29, 1.82) is 0 Å². The Hall–Kier alpha value is -5.14. The number of carbonyl (C=O) groups is 4. The zero-order valence-corrected chi connectivity index (χ0v) is 27.7. The van der Waals surface area contributed by atoms with Crippen LogP contribution in [0.4, 0.5) is 0 Å². The predicted octanol–water partition coefficient (Wildman–Crippen LogP) is 2.30. The summed E-state index contributed by atoms with van der Waals surface area (Å²) < 4.78 is 27.3. The highest BCUT2D eigenvalue weighted by molar-refractivity contribution is 7.91. The molecule has 0 saturated heterocycles. The summed E-state index contributed by atoms with van der Waals surface area (Å²) >= 11 is 0. The molecule has 0 aliphatic carbocycles. The van der Waals surface area contributed by atoms with Crippen LogP contribution in [-0.2, 0) is 25.8 Å². The SMILES string of the molecule is CC(C)(C)NC(=O)c1ccccc1S(=O)(=O)C[C@@H](O)[C@H](Cc1ccccc1)NC(=O)[C@H](CC(N)=O)NC(=O)c1ccc2ccccc2n1. The molecule has 0 aliphatic heterocycles. The van der Waals surface area contributed by atoms with Crippen molar-refractivity contribution in [3.63, 3.8) is 0 Å². The maximum Gasteiger partial charge on any atom is 0.270 e. The number of primary amides is 1. The lowest BCUT2D eigenvalue weighted by Crippen LogP contribution is -2.55. The van der Waals surface area contributed by atoms with Crippen LogP contribution in [0, 0.1) is 0 Å². The maximum atomic E-state index is 13.7. The van der Waals surface area contributed by atoms with Crippen LogP contribution in [-0.4, -0.2) is 71.6 Å². The van der Waals surface area contributed by atoms with Gasteiger partial charge in [-0.2, -0.15) is 0 Å². The molecule has 4 aromatic rings. The Bertz CT molecular complexity index is 1910. The van der Waals surface area contributed by atoms with Crippen molar-refractivity contribution in [2.24, 2.45) is 5.73 Å². The zero-order valence-electron chi connectivity index (χ0n) is 26.8. The topological polar surface area (TPSA) is 198 Å². The van der Waals surface area contributed by atoms with Gasteiger partial charge in [0.25, 0.3) is 11.8 Å². The number of sulfone groups is 1. The van der Waals surface area contributed by atoms with E-state index < -0.39 is 69.4 Å². The lowest BCUT2D eigenvalue weighted by atomic mass is 10.0. The number of aliphatic hydroxyl groups is 1. The van der Waals surface area contributed by atoms with E-state index in [4.69, 9.17) is 5.73 Å². The van der Waals surface area contributed by atoms with Crippen molar-refractivity contribution in [3.05, 3.63) is 108 Å². The van der Waals surface area contributed by atoms with Gasteiger partial charge in [0.05, 0.1) is 40.3 Å². The fraction of sp³-hybridized carbons (Fsp3) is 0.286. The van der Waals surface area contributed by atoms with Gasteiger partial charge in [0, 0.05) is 10.9 Å². The number of amides is 4. The predicted molar refractivity (Wildman–Crippen MR) is 181 cm³/mol. The number of carbonyl (C=O) groups excluding carboxylic acids is 4. The molecule has 4 rings (SSSR count). The highest BCUT2D eigenvalue weighted by Crippen LogP contribution is 2.21. The number of hydrogen-bond acceptors (Lipinski definition) is 8. The second kappa shape index (κ2) is 15.2. The summed E-state index contributed by atoms with van der Waals surface area (Å²) in [6, 6.07) is 22.0. The standard InChI is InChI=1S/C35H39N5O7S/c1-35(2,3)40-32(43)24-14-8-10-16-30(24)48(46,47)21-29(41)27(19-22-11-5-4-6-12-22)38-34(45)28(20-31(36)42)39-33(44)26-18-17-23-13-7-9-15-25(23)37-26/h4-18,27-29,41H,19-21H2,1-3H3,(H2,36,42)(H,38,45)(H,39,44)(H,40,43)/t27-,28-,29+/m0/s1. The third-order valence-electron chi connectivity index (χ3n) is 7.29. The van der Waals surface area contributed by atoms with Crippen LogP contribution in [0.1, 0.15) is 53.6 Å². The summed E-state index contributed by atoms with van der Waals surface area (Å²) in [4.78, 5) is 55.7. The molecular formula is C35H39N5O7S. The Morgan fingerprint density at radius 2 is 1.48 bits per heavy atom. The Labute approximate surface area is 279 Å². The van der Waals surface area contributed by atoms with Gasteiger partial charge in [-0.1, -0.05) is 66.7 Å². The van der Waals surface area contributed by atoms with E-state index in [9.17, 15) is 32.7 Å². The number of aliphatic hydroxyl groups excluding tert-OH is 1. The number of nitrogens with two attached hydrogens (primary N) is 1. The van der Waals surface area contributed by atoms with Gasteiger partial charge in [0.15, 0.2) is 9.84 Å². The molecule has 1 heterocycles. The van der Waals surface area contributed by atoms with E-state index in [1.54, 1.807) is 69.3 Å². The lowest BCUT2D eigenvalue weighted by Gasteiger charge is -2.27. The first-order valence-corrected chi connectivity index (χ1v) is 16.9. The smallest absolute Gasteiger partial charge is 0.270 e. The molecule has 0 fully saturated rings. The number of benzene rings is 3. The Morgan fingerprint density at radius 3 is 2.17 bits per heavy atom. The molecule has 48 heavy (non-hydrogen) atoms. The molecule has 12 nitrogen and oxygen atoms in total. The molecule has 3 aromatic carbocycles. The molecule has 6 N–H and O–H groups in total. The van der Waals surface area contributed by atoms with Crippen molar-refractivity contribution >= 4 is 44.4 Å². The second-order valence-electron chi connectivity index (χ2n) is 12.4. The summed E-state index contributed by atoms with van der Waals surface area (Å²) in [5.74, 6) is -3.94. The van der Waals surface area contributed by atoms with Crippen molar-refractivity contribution in [2.45, 2.75) is 62.2 Å². The van der Waals surface area contributed by atoms with E-state index in [2.05, 4.69) is 20.9 Å². The van der Waals surface area contributed by atoms with E-state index >= 15 is 0 Å². The number of fused-ring (bicyclic) bond motifs is 1. The first-order chi connectivity index (χ1) is 22.6. The largest absolute Gasteiger partial charge is 0.390 e. The molecule has 0 radical (unpaired) electrons. The monoisotopic (exact) mass is 673 g/mol. The van der Waals surface area contributed by atoms with E-state index in [0.717, 1.165) is 5.39 Å². The van der Waals surface area contributed by atoms with Gasteiger partial charge in [0.2, 0.25) is 11.8 Å². The van der Waals surface area contributed by atoms with Crippen molar-refractivity contribution < 1.29 is 32.7 Å². The molecule has 4 amide bonds. The third-order valence-corrected chi connectivity index (χ3v) is 9.10. The van der Waals surface area contributed by atoms with E-state index in [1.807, 2.05) is 12.1 Å². The number of nitrogens with one attached hydrogen (secondary N) is 3. The van der Waals surface area contributed by atoms with Crippen LogP contribution in [0.15, 0.2) is 95.9 Å². The van der Waals surface area contributed by atoms with Crippen LogP contribution in [0.5, 0.6) is 0 Å². The van der Waals surface area contributed by atoms with Crippen LogP contribution < -0.4 is 21.7 Å². The van der Waals surface area contributed by atoms with Gasteiger partial charge in [-0.05, 0) is 57.0 Å². The number of pyridine rings is 1. The Morgan fingerprint density at radius 1 is 0.833 bits per heavy atom. The van der Waals surface area contributed by atoms with Gasteiger partial charge in [0.1, 0.15) is 11.7 Å². The molecule has 0 saturated carbocycles. The van der Waals surface area contributed by atoms with Crippen LogP contribution in [0.25, 0.3) is 10.9 Å². The normalized spacial score (nSPS) is 13.6. The Kier molecular flexibility index (Phi) is 11.3. The van der Waals surface area contributed by atoms with Gasteiger partial charge in [-0.3, -0.25) is 19.2 Å². The average molecular weight is 674 g/mol. The molecule has 13 heteroatoms. The summed E-state index contributed by atoms with van der Waals surface area (Å²) in [7, 11) is -4.29. The van der Waals surface area contributed by atoms with Gasteiger partial charge in [-0.25, -0.2) is 13.4 Å². The van der Waals surface area contributed by atoms with Crippen LogP contribution in [0.3, 0.4) is 0 Å². The van der Waals surface area contributed by atoms with Gasteiger partial charge < -0.3 is 26.8 Å². The molecule has 3 atom stereocenters. The van der Waals surface area contributed by atoms with Crippen LogP contribution >= 0.6 is 0 Å². The van der Waals surface area contributed by atoms with Crippen molar-refractivity contribution in [2.75, 3.05) is 5.75 Å². The number of aromatic nitrogens is 1. The number of hydrogen-bond donors (Lipinski definition) is 5. The summed E-state index contributed by atoms with van der Waals surface area (Å²) in [6.07, 6.45) is -2.25. The highest BCUT2D eigenvalue weighted by atomic mass is 32.2. The van der Waals surface area contributed by atoms with Crippen molar-refractivity contribution in [3.8, 4) is 0 Å². The van der Waals surface area contributed by atoms with Crippen LogP contribution in [0.2, 0.25) is 0 Å². The first-order valence-electron chi connectivity index (χ1n) is 15.2. The van der Waals surface area contributed by atoms with Gasteiger partial charge in [-0.15, -0.1) is 0 Å². The third kappa shape index (κ3) is 9.69. The molecule has 0 spiro atoms. The van der Waals surface area contributed by atoms with Crippen molar-refractivity contribution in [1.82, 2.24) is 20.9 Å². The Balaban J connectivity index is 1.59. The van der Waals surface area contributed by atoms with E-state index in [-0.39, 0.29) is 22.6 Å². The van der Waals surface area contributed by atoms with Gasteiger partial charge >= 0.3 is 0 Å². The van der Waals surface area contributed by atoms with E-state index in [1.165, 1.54) is 30.3 Å². The number of nitrogens with zero attached hydrogens (tertiary/aromatic N) is 1. The zero-order chi connectivity index (χ0) is 35.1. The number of rotatable bonds is 13. The summed E-state index contributed by atoms with van der Waals surface area (Å²) in [5.41, 5.74) is 5.90. The minimum Gasteiger partial charge on any atom is -0.390 e. The lowest BCUT2D eigenvalue weighted by molar-refractivity contribution is -0.128. The molecule has 0 unspecified atom stereocenters. The fourth-order valence-electron chi connectivity index (χ4n) is 5.03. The summed E-state index contributed by atoms with van der Waals surface area (Å²) in [5, 5.41) is 20.0.